The number of carbonyl (C=O) groups is 1. The molecule has 1 N–H and O–H groups in total. The number of carbonyl (C=O) groups excluding carboxylic acids is 1. The van der Waals surface area contributed by atoms with Crippen LogP contribution < -0.4 is 10.1 Å². The third kappa shape index (κ3) is 5.34. The molecule has 21 heavy (non-hydrogen) atoms. The van der Waals surface area contributed by atoms with Gasteiger partial charge in [0.1, 0.15) is 11.6 Å². The van der Waals surface area contributed by atoms with Gasteiger partial charge in [0.2, 0.25) is 0 Å². The van der Waals surface area contributed by atoms with Crippen LogP contribution in [0.4, 0.5) is 4.39 Å². The predicted octanol–water partition coefficient (Wildman–Crippen LogP) is 3.22. The van der Waals surface area contributed by atoms with Gasteiger partial charge in [-0.3, -0.25) is 0 Å². The topological polar surface area (TPSA) is 47.6 Å². The Hall–Kier alpha value is -1.62. The normalized spacial score (nSPS) is 13.6. The maximum Gasteiger partial charge on any atom is 0.347 e. The molecule has 0 amide bonds. The van der Waals surface area contributed by atoms with Gasteiger partial charge < -0.3 is 14.8 Å². The first-order valence-electron chi connectivity index (χ1n) is 7.35. The average Bonchev–Trinajstić information content (AvgIpc) is 2.45. The van der Waals surface area contributed by atoms with Crippen molar-refractivity contribution in [2.75, 3.05) is 13.2 Å². The smallest absolute Gasteiger partial charge is 0.347 e. The number of nitrogens with one attached hydrogen (secondary N) is 1. The zero-order valence-corrected chi connectivity index (χ0v) is 13.1. The number of benzene rings is 1. The van der Waals surface area contributed by atoms with Gasteiger partial charge in [0.05, 0.1) is 6.61 Å². The van der Waals surface area contributed by atoms with Gasteiger partial charge in [-0.25, -0.2) is 9.18 Å². The van der Waals surface area contributed by atoms with Crippen molar-refractivity contribution in [3.63, 3.8) is 0 Å². The van der Waals surface area contributed by atoms with Gasteiger partial charge in [-0.1, -0.05) is 13.0 Å². The van der Waals surface area contributed by atoms with Crippen molar-refractivity contribution in [1.29, 1.82) is 0 Å². The second kappa shape index (κ2) is 8.62. The Kier molecular flexibility index (Phi) is 7.15. The third-order valence-electron chi connectivity index (χ3n) is 3.06. The molecular formula is C16H24FNO3. The fourth-order valence-electron chi connectivity index (χ4n) is 1.94. The largest absolute Gasteiger partial charge is 0.479 e. The Labute approximate surface area is 125 Å². The van der Waals surface area contributed by atoms with Crippen LogP contribution in [0.3, 0.4) is 0 Å². The van der Waals surface area contributed by atoms with Crippen LogP contribution in [-0.2, 0) is 9.53 Å². The average molecular weight is 297 g/mol. The maximum absolute atomic E-state index is 13.4. The minimum Gasteiger partial charge on any atom is -0.479 e. The summed E-state index contributed by atoms with van der Waals surface area (Å²) < 4.78 is 23.9. The van der Waals surface area contributed by atoms with Crippen LogP contribution in [0.25, 0.3) is 0 Å². The van der Waals surface area contributed by atoms with Crippen LogP contribution in [0.5, 0.6) is 5.75 Å². The predicted molar refractivity (Wildman–Crippen MR) is 79.8 cm³/mol. The first kappa shape index (κ1) is 17.4. The van der Waals surface area contributed by atoms with Crippen molar-refractivity contribution in [3.8, 4) is 5.75 Å². The highest BCUT2D eigenvalue weighted by Gasteiger charge is 2.19. The summed E-state index contributed by atoms with van der Waals surface area (Å²) >= 11 is 0. The minimum atomic E-state index is -0.774. The van der Waals surface area contributed by atoms with Gasteiger partial charge in [-0.15, -0.1) is 0 Å². The van der Waals surface area contributed by atoms with Gasteiger partial charge in [-0.05, 0) is 39.8 Å². The Morgan fingerprint density at radius 1 is 1.33 bits per heavy atom. The van der Waals surface area contributed by atoms with E-state index in [9.17, 15) is 9.18 Å². The summed E-state index contributed by atoms with van der Waals surface area (Å²) in [6.45, 7) is 8.52. The van der Waals surface area contributed by atoms with Gasteiger partial charge >= 0.3 is 5.97 Å². The van der Waals surface area contributed by atoms with Crippen molar-refractivity contribution in [2.45, 2.75) is 46.3 Å². The Morgan fingerprint density at radius 2 is 2.05 bits per heavy atom. The molecule has 0 fully saturated rings. The lowest BCUT2D eigenvalue weighted by Crippen LogP contribution is -2.27. The SMILES string of the molecule is CCCNC(C)c1ccc(F)cc1OC(C)C(=O)OCC. The van der Waals surface area contributed by atoms with Crippen LogP contribution >= 0.6 is 0 Å². The summed E-state index contributed by atoms with van der Waals surface area (Å²) in [5.41, 5.74) is 0.820. The van der Waals surface area contributed by atoms with E-state index < -0.39 is 17.9 Å². The van der Waals surface area contributed by atoms with E-state index in [0.717, 1.165) is 18.5 Å². The third-order valence-corrected chi connectivity index (χ3v) is 3.06. The monoisotopic (exact) mass is 297 g/mol. The van der Waals surface area contributed by atoms with E-state index in [4.69, 9.17) is 9.47 Å². The molecule has 5 heteroatoms. The molecule has 0 radical (unpaired) electrons. The van der Waals surface area contributed by atoms with Crippen LogP contribution in [-0.4, -0.2) is 25.2 Å². The second-order valence-electron chi connectivity index (χ2n) is 4.87. The summed E-state index contributed by atoms with van der Waals surface area (Å²) in [7, 11) is 0. The van der Waals surface area contributed by atoms with Crippen LogP contribution in [0, 0.1) is 5.82 Å². The van der Waals surface area contributed by atoms with Gasteiger partial charge in [0, 0.05) is 17.7 Å². The number of halogens is 1. The summed E-state index contributed by atoms with van der Waals surface area (Å²) in [4.78, 5) is 11.6. The standard InChI is InChI=1S/C16H24FNO3/c1-5-9-18-11(3)14-8-7-13(17)10-15(14)21-12(4)16(19)20-6-2/h7-8,10-12,18H,5-6,9H2,1-4H3. The molecule has 0 heterocycles. The van der Waals surface area contributed by atoms with Crippen molar-refractivity contribution >= 4 is 5.97 Å². The second-order valence-corrected chi connectivity index (χ2v) is 4.87. The van der Waals surface area contributed by atoms with Gasteiger partial charge in [0.25, 0.3) is 0 Å². The van der Waals surface area contributed by atoms with Crippen molar-refractivity contribution in [1.82, 2.24) is 5.32 Å². The molecule has 0 aromatic heterocycles. The first-order chi connectivity index (χ1) is 9.99. The molecule has 1 rings (SSSR count). The molecule has 1 aromatic carbocycles. The molecule has 0 saturated carbocycles. The molecule has 0 aliphatic rings. The zero-order chi connectivity index (χ0) is 15.8. The Bertz CT molecular complexity index is 465. The van der Waals surface area contributed by atoms with Crippen molar-refractivity contribution in [3.05, 3.63) is 29.6 Å². The highest BCUT2D eigenvalue weighted by Crippen LogP contribution is 2.27. The molecule has 0 aliphatic carbocycles. The highest BCUT2D eigenvalue weighted by atomic mass is 19.1. The van der Waals surface area contributed by atoms with E-state index in [1.54, 1.807) is 19.9 Å². The maximum atomic E-state index is 13.4. The van der Waals surface area contributed by atoms with E-state index >= 15 is 0 Å². The van der Waals surface area contributed by atoms with Crippen LogP contribution in [0.15, 0.2) is 18.2 Å². The number of esters is 1. The van der Waals surface area contributed by atoms with Crippen LogP contribution in [0.2, 0.25) is 0 Å². The van der Waals surface area contributed by atoms with E-state index in [1.165, 1.54) is 12.1 Å². The molecule has 2 unspecified atom stereocenters. The van der Waals surface area contributed by atoms with E-state index in [1.807, 2.05) is 6.92 Å². The van der Waals surface area contributed by atoms with E-state index in [-0.39, 0.29) is 12.6 Å². The Balaban J connectivity index is 2.88. The summed E-state index contributed by atoms with van der Waals surface area (Å²) in [6, 6.07) is 4.38. The molecule has 0 aliphatic heterocycles. The lowest BCUT2D eigenvalue weighted by Gasteiger charge is -2.20. The minimum absolute atomic E-state index is 0.00921. The van der Waals surface area contributed by atoms with E-state index in [0.29, 0.717) is 5.75 Å². The molecule has 0 spiro atoms. The molecule has 4 nitrogen and oxygen atoms in total. The fourth-order valence-corrected chi connectivity index (χ4v) is 1.94. The molecule has 0 saturated heterocycles. The van der Waals surface area contributed by atoms with Gasteiger partial charge in [0.15, 0.2) is 6.10 Å². The summed E-state index contributed by atoms with van der Waals surface area (Å²) in [5, 5.41) is 3.32. The van der Waals surface area contributed by atoms with E-state index in [2.05, 4.69) is 12.2 Å². The summed E-state index contributed by atoms with van der Waals surface area (Å²) in [6.07, 6.45) is 0.227. The lowest BCUT2D eigenvalue weighted by molar-refractivity contribution is -0.150. The first-order valence-corrected chi connectivity index (χ1v) is 7.35. The molecule has 2 atom stereocenters. The Morgan fingerprint density at radius 3 is 2.67 bits per heavy atom. The zero-order valence-electron chi connectivity index (χ0n) is 13.1. The molecule has 1 aromatic rings. The van der Waals surface area contributed by atoms with Crippen molar-refractivity contribution in [2.24, 2.45) is 0 Å². The number of hydrogen-bond donors (Lipinski definition) is 1. The molecular weight excluding hydrogens is 273 g/mol. The van der Waals surface area contributed by atoms with Crippen molar-refractivity contribution < 1.29 is 18.7 Å². The fraction of sp³-hybridized carbons (Fsp3) is 0.562. The van der Waals surface area contributed by atoms with Crippen LogP contribution in [0.1, 0.15) is 45.7 Å². The molecule has 118 valence electrons. The summed E-state index contributed by atoms with van der Waals surface area (Å²) in [5.74, 6) is -0.485. The molecule has 0 bridgehead atoms. The number of ether oxygens (including phenoxy) is 2. The quantitative estimate of drug-likeness (QED) is 0.748. The highest BCUT2D eigenvalue weighted by molar-refractivity contribution is 5.74. The van der Waals surface area contributed by atoms with Gasteiger partial charge in [-0.2, -0.15) is 0 Å². The lowest BCUT2D eigenvalue weighted by atomic mass is 10.1. The number of hydrogen-bond acceptors (Lipinski definition) is 4. The number of rotatable bonds is 8.